The molecule has 0 spiro atoms. The number of carbonyl (C=O) groups excluding carboxylic acids is 1. The highest BCUT2D eigenvalue weighted by atomic mass is 79.9. The smallest absolute Gasteiger partial charge is 0.340 e. The Morgan fingerprint density at radius 1 is 1.29 bits per heavy atom. The Hall–Kier alpha value is -2.75. The maximum Gasteiger partial charge on any atom is 0.340 e. The van der Waals surface area contributed by atoms with Gasteiger partial charge in [0.25, 0.3) is 0 Å². The van der Waals surface area contributed by atoms with Crippen LogP contribution >= 0.6 is 15.9 Å². The Kier molecular flexibility index (Phi) is 7.06. The summed E-state index contributed by atoms with van der Waals surface area (Å²) in [5.74, 6) is -0.333. The number of benzene rings is 2. The van der Waals surface area contributed by atoms with Crippen LogP contribution in [0.5, 0.6) is 5.75 Å². The van der Waals surface area contributed by atoms with E-state index in [1.54, 1.807) is 31.7 Å². The molecule has 0 amide bonds. The monoisotopic (exact) mass is 543 g/mol. The molecule has 178 valence electrons. The van der Waals surface area contributed by atoms with Gasteiger partial charge in [-0.3, -0.25) is 0 Å². The third-order valence-electron chi connectivity index (χ3n) is 5.86. The zero-order chi connectivity index (χ0) is 24.6. The van der Waals surface area contributed by atoms with E-state index in [4.69, 9.17) is 4.74 Å². The number of aromatic nitrogens is 3. The van der Waals surface area contributed by atoms with E-state index in [1.807, 2.05) is 48.2 Å². The van der Waals surface area contributed by atoms with Gasteiger partial charge < -0.3 is 23.5 Å². The van der Waals surface area contributed by atoms with Crippen LogP contribution in [0.15, 0.2) is 52.4 Å². The molecule has 4 aromatic rings. The number of phenols is 1. The Morgan fingerprint density at radius 3 is 2.71 bits per heavy atom. The lowest BCUT2D eigenvalue weighted by atomic mass is 10.0. The maximum absolute atomic E-state index is 13.5. The second kappa shape index (κ2) is 9.85. The van der Waals surface area contributed by atoms with Gasteiger partial charge in [0.05, 0.1) is 40.7 Å². The van der Waals surface area contributed by atoms with Crippen LogP contribution in [0.3, 0.4) is 0 Å². The van der Waals surface area contributed by atoms with E-state index < -0.39 is 17.1 Å². The predicted molar refractivity (Wildman–Crippen MR) is 136 cm³/mol. The van der Waals surface area contributed by atoms with Gasteiger partial charge in [0.2, 0.25) is 0 Å². The van der Waals surface area contributed by atoms with Gasteiger partial charge in [0.15, 0.2) is 10.6 Å². The summed E-state index contributed by atoms with van der Waals surface area (Å²) >= 11 is 2.06. The summed E-state index contributed by atoms with van der Waals surface area (Å²) in [5.41, 5.74) is 4.25. The number of aryl methyl sites for hydroxylation is 3. The van der Waals surface area contributed by atoms with Crippen LogP contribution in [0.4, 0.5) is 0 Å². The molecule has 9 heteroatoms. The van der Waals surface area contributed by atoms with Crippen molar-refractivity contribution in [1.29, 1.82) is 0 Å². The summed E-state index contributed by atoms with van der Waals surface area (Å²) < 4.78 is 23.1. The molecule has 1 unspecified atom stereocenters. The molecule has 2 aromatic carbocycles. The number of hydrogen-bond acceptors (Lipinski definition) is 5. The van der Waals surface area contributed by atoms with E-state index in [1.165, 1.54) is 0 Å². The average molecular weight is 544 g/mol. The molecule has 4 rings (SSSR count). The quantitative estimate of drug-likeness (QED) is 0.261. The zero-order valence-electron chi connectivity index (χ0n) is 19.5. The van der Waals surface area contributed by atoms with Gasteiger partial charge in [-0.25, -0.2) is 9.78 Å². The lowest BCUT2D eigenvalue weighted by Gasteiger charge is -2.15. The average Bonchev–Trinajstić information content (AvgIpc) is 3.38. The number of imidazole rings is 1. The maximum atomic E-state index is 13.5. The fourth-order valence-electron chi connectivity index (χ4n) is 4.24. The highest BCUT2D eigenvalue weighted by molar-refractivity contribution is 9.10. The summed E-state index contributed by atoms with van der Waals surface area (Å²) in [7, 11) is 1.84. The molecule has 7 nitrogen and oxygen atoms in total. The van der Waals surface area contributed by atoms with Gasteiger partial charge in [-0.05, 0) is 60.0 Å². The number of hydrogen-bond donors (Lipinski definition) is 1. The zero-order valence-corrected chi connectivity index (χ0v) is 21.9. The molecule has 1 atom stereocenters. The fraction of sp³-hybridized carbons (Fsp3) is 0.280. The SMILES string of the molecule is CCOC(=O)c1c(C[S+]([O-])c2ccc(C)cc2C)n(C)c2cc(Br)c(O)c(Cn3ccnc3)c12. The van der Waals surface area contributed by atoms with Crippen LogP contribution in [0.25, 0.3) is 10.9 Å². The Labute approximate surface area is 209 Å². The molecule has 2 aromatic heterocycles. The molecule has 0 saturated carbocycles. The fourth-order valence-corrected chi connectivity index (χ4v) is 6.08. The first-order chi connectivity index (χ1) is 16.2. The number of carbonyl (C=O) groups is 1. The van der Waals surface area contributed by atoms with Gasteiger partial charge in [0, 0.05) is 36.0 Å². The summed E-state index contributed by atoms with van der Waals surface area (Å²) in [6, 6.07) is 7.58. The van der Waals surface area contributed by atoms with Crippen molar-refractivity contribution in [2.75, 3.05) is 6.61 Å². The molecular formula is C25H26BrN3O4S. The van der Waals surface area contributed by atoms with Gasteiger partial charge >= 0.3 is 5.97 Å². The molecule has 0 bridgehead atoms. The van der Waals surface area contributed by atoms with Gasteiger partial charge in [-0.15, -0.1) is 0 Å². The molecule has 0 radical (unpaired) electrons. The van der Waals surface area contributed by atoms with Crippen molar-refractivity contribution in [2.24, 2.45) is 7.05 Å². The van der Waals surface area contributed by atoms with Crippen molar-refractivity contribution in [1.82, 2.24) is 14.1 Å². The molecule has 0 aliphatic heterocycles. The second-order valence-corrected chi connectivity index (χ2v) is 10.4. The van der Waals surface area contributed by atoms with Crippen molar-refractivity contribution in [3.05, 3.63) is 75.4 Å². The lowest BCUT2D eigenvalue weighted by Crippen LogP contribution is -2.15. The van der Waals surface area contributed by atoms with Gasteiger partial charge in [-0.1, -0.05) is 17.7 Å². The van der Waals surface area contributed by atoms with Gasteiger partial charge in [0.1, 0.15) is 5.75 Å². The number of ether oxygens (including phenoxy) is 1. The van der Waals surface area contributed by atoms with E-state index in [-0.39, 0.29) is 18.1 Å². The van der Waals surface area contributed by atoms with E-state index in [2.05, 4.69) is 20.9 Å². The van der Waals surface area contributed by atoms with Crippen molar-refractivity contribution >= 4 is 44.0 Å². The molecule has 2 heterocycles. The van der Waals surface area contributed by atoms with E-state index in [9.17, 15) is 14.5 Å². The third-order valence-corrected chi connectivity index (χ3v) is 7.95. The van der Waals surface area contributed by atoms with Crippen LogP contribution in [0.2, 0.25) is 0 Å². The minimum Gasteiger partial charge on any atom is -0.611 e. The topological polar surface area (TPSA) is 92.3 Å². The molecule has 0 aliphatic rings. The number of aromatic hydroxyl groups is 1. The van der Waals surface area contributed by atoms with E-state index in [0.29, 0.717) is 33.2 Å². The summed E-state index contributed by atoms with van der Waals surface area (Å²) in [4.78, 5) is 18.0. The first-order valence-electron chi connectivity index (χ1n) is 10.8. The van der Waals surface area contributed by atoms with Crippen LogP contribution in [-0.4, -0.2) is 36.4 Å². The molecule has 34 heavy (non-hydrogen) atoms. The number of esters is 1. The Balaban J connectivity index is 1.93. The van der Waals surface area contributed by atoms with Crippen molar-refractivity contribution in [3.63, 3.8) is 0 Å². The second-order valence-electron chi connectivity index (χ2n) is 8.17. The third kappa shape index (κ3) is 4.47. The first kappa shape index (κ1) is 24.4. The number of nitrogens with zero attached hydrogens (tertiary/aromatic N) is 3. The van der Waals surface area contributed by atoms with Crippen LogP contribution in [0, 0.1) is 13.8 Å². The minimum absolute atomic E-state index is 0.0411. The standard InChI is InChI=1S/C25H26BrN3O4S/c1-5-33-25(31)23-20(13-34(32)21-7-6-15(2)10-16(21)3)28(4)19-11-18(26)24(30)17(22(19)23)12-29-9-8-27-14-29/h6-11,14,30H,5,12-13H2,1-4H3. The van der Waals surface area contributed by atoms with Crippen molar-refractivity contribution in [2.45, 2.75) is 38.0 Å². The number of fused-ring (bicyclic) bond motifs is 1. The highest BCUT2D eigenvalue weighted by Crippen LogP contribution is 2.40. The molecule has 1 N–H and O–H groups in total. The largest absolute Gasteiger partial charge is 0.611 e. The highest BCUT2D eigenvalue weighted by Gasteiger charge is 2.30. The lowest BCUT2D eigenvalue weighted by molar-refractivity contribution is 0.0527. The first-order valence-corrected chi connectivity index (χ1v) is 12.9. The summed E-state index contributed by atoms with van der Waals surface area (Å²) in [5, 5.41) is 11.5. The van der Waals surface area contributed by atoms with Crippen molar-refractivity contribution < 1.29 is 19.2 Å². The van der Waals surface area contributed by atoms with Crippen LogP contribution in [0.1, 0.15) is 39.7 Å². The summed E-state index contributed by atoms with van der Waals surface area (Å²) in [6.07, 6.45) is 5.09. The number of halogens is 1. The van der Waals surface area contributed by atoms with Gasteiger partial charge in [-0.2, -0.15) is 0 Å². The predicted octanol–water partition coefficient (Wildman–Crippen LogP) is 4.99. The molecular weight excluding hydrogens is 518 g/mol. The molecule has 0 saturated heterocycles. The normalized spacial score (nSPS) is 12.3. The summed E-state index contributed by atoms with van der Waals surface area (Å²) in [6.45, 7) is 6.18. The van der Waals surface area contributed by atoms with Crippen LogP contribution in [-0.2, 0) is 35.3 Å². The molecule has 0 aliphatic carbocycles. The Morgan fingerprint density at radius 2 is 2.06 bits per heavy atom. The minimum atomic E-state index is -1.39. The number of phenolic OH excluding ortho intramolecular Hbond substituents is 1. The number of rotatable bonds is 7. The van der Waals surface area contributed by atoms with E-state index in [0.717, 1.165) is 21.5 Å². The van der Waals surface area contributed by atoms with E-state index >= 15 is 0 Å². The Bertz CT molecular complexity index is 1360. The molecule has 0 fully saturated rings. The van der Waals surface area contributed by atoms with Crippen LogP contribution < -0.4 is 0 Å². The van der Waals surface area contributed by atoms with Crippen molar-refractivity contribution in [3.8, 4) is 5.75 Å².